The molecule has 0 bridgehead atoms. The third-order valence-corrected chi connectivity index (χ3v) is 16.2. The summed E-state index contributed by atoms with van der Waals surface area (Å²) in [5.41, 5.74) is 0. The van der Waals surface area contributed by atoms with Gasteiger partial charge in [-0.15, -0.1) is 0 Å². The van der Waals surface area contributed by atoms with Gasteiger partial charge in [0.15, 0.2) is 6.10 Å². The number of hydrogen-bond acceptors (Lipinski definition) is 8. The van der Waals surface area contributed by atoms with Crippen molar-refractivity contribution >= 4 is 19.8 Å². The van der Waals surface area contributed by atoms with Gasteiger partial charge in [-0.3, -0.25) is 14.2 Å². The van der Waals surface area contributed by atoms with Crippen LogP contribution in [0.15, 0.2) is 24.3 Å². The number of phosphoric acid groups is 1. The highest BCUT2D eigenvalue weighted by Gasteiger charge is 2.22. The average molecular weight is 1110 g/mol. The predicted octanol–water partition coefficient (Wildman–Crippen LogP) is 20.7. The van der Waals surface area contributed by atoms with Crippen molar-refractivity contribution in [2.24, 2.45) is 0 Å². The van der Waals surface area contributed by atoms with E-state index in [1.807, 2.05) is 21.1 Å². The molecule has 0 aliphatic rings. The molecule has 2 atom stereocenters. The molecule has 9 nitrogen and oxygen atoms in total. The molecule has 0 N–H and O–H groups in total. The Kier molecular flexibility index (Phi) is 58.0. The average Bonchev–Trinajstić information content (AvgIpc) is 3.39. The van der Waals surface area contributed by atoms with Crippen LogP contribution in [0.3, 0.4) is 0 Å². The number of nitrogens with zero attached hydrogens (tertiary/aromatic N) is 1. The van der Waals surface area contributed by atoms with Gasteiger partial charge in [0, 0.05) is 12.8 Å². The number of carbonyl (C=O) groups is 2. The zero-order valence-corrected chi connectivity index (χ0v) is 52.8. The van der Waals surface area contributed by atoms with Crippen LogP contribution in [0.2, 0.25) is 0 Å². The predicted molar refractivity (Wildman–Crippen MR) is 328 cm³/mol. The fourth-order valence-corrected chi connectivity index (χ4v) is 10.8. The molecule has 10 heteroatoms. The number of likely N-dealkylation sites (N-methyl/N-ethyl adjacent to an activating group) is 1. The molecule has 0 spiro atoms. The zero-order chi connectivity index (χ0) is 56.3. The maximum atomic E-state index is 12.8. The Labute approximate surface area is 479 Å². The molecule has 0 fully saturated rings. The summed E-state index contributed by atoms with van der Waals surface area (Å²) in [6, 6.07) is 0. The van der Waals surface area contributed by atoms with Gasteiger partial charge in [-0.1, -0.05) is 308 Å². The lowest BCUT2D eigenvalue weighted by molar-refractivity contribution is -0.870. The molecule has 0 radical (unpaired) electrons. The van der Waals surface area contributed by atoms with Crippen molar-refractivity contribution in [1.29, 1.82) is 0 Å². The van der Waals surface area contributed by atoms with Crippen molar-refractivity contribution in [2.45, 2.75) is 347 Å². The lowest BCUT2D eigenvalue weighted by Crippen LogP contribution is -2.37. The van der Waals surface area contributed by atoms with Gasteiger partial charge in [0.25, 0.3) is 7.82 Å². The molecule has 0 aromatic carbocycles. The quantitative estimate of drug-likeness (QED) is 0.0195. The second-order valence-electron chi connectivity index (χ2n) is 24.2. The first kappa shape index (κ1) is 75.5. The standard InChI is InChI=1S/C67H130NO8P/c1-6-8-10-12-14-16-18-20-22-24-26-28-30-31-32-33-34-35-36-37-38-40-42-44-46-48-50-52-54-56-58-60-67(70)76-65(64-75-77(71,72)74-62-61-68(3,4)5)63-73-66(69)59-57-55-53-51-49-47-45-43-41-39-29-27-25-23-21-19-17-15-13-11-9-7-2/h18,20,24,26,65H,6-17,19,21-23,25,27-64H2,1-5H3/b20-18-,26-24-. The molecule has 0 aliphatic carbocycles. The van der Waals surface area contributed by atoms with E-state index in [0.717, 1.165) is 38.5 Å². The number of esters is 2. The van der Waals surface area contributed by atoms with Gasteiger partial charge in [-0.05, 0) is 44.9 Å². The Hall–Kier alpha value is -1.51. The van der Waals surface area contributed by atoms with Crippen LogP contribution < -0.4 is 4.89 Å². The van der Waals surface area contributed by atoms with Crippen LogP contribution in [-0.2, 0) is 32.7 Å². The highest BCUT2D eigenvalue weighted by atomic mass is 31.2. The molecule has 0 aromatic rings. The van der Waals surface area contributed by atoms with Crippen molar-refractivity contribution < 1.29 is 42.1 Å². The third kappa shape index (κ3) is 63.5. The van der Waals surface area contributed by atoms with E-state index in [4.69, 9.17) is 18.5 Å². The summed E-state index contributed by atoms with van der Waals surface area (Å²) in [5, 5.41) is 0. The van der Waals surface area contributed by atoms with Gasteiger partial charge in [0.05, 0.1) is 27.7 Å². The highest BCUT2D eigenvalue weighted by molar-refractivity contribution is 7.45. The smallest absolute Gasteiger partial charge is 0.306 e. The van der Waals surface area contributed by atoms with Crippen molar-refractivity contribution in [3.8, 4) is 0 Å². The molecule has 77 heavy (non-hydrogen) atoms. The summed E-state index contributed by atoms with van der Waals surface area (Å²) in [6.07, 6.45) is 72.5. The molecular weight excluding hydrogens is 978 g/mol. The SMILES string of the molecule is CCCCCCC/C=C\C/C=C\CCCCCCCCCCCCCCCCCCCCCC(=O)OC(COC(=O)CCCCCCCCCCCCCCCCCCCCCCCC)COP(=O)([O-])OCC[N+](C)(C)C. The van der Waals surface area contributed by atoms with Crippen LogP contribution in [0.4, 0.5) is 0 Å². The van der Waals surface area contributed by atoms with Gasteiger partial charge in [-0.2, -0.15) is 0 Å². The van der Waals surface area contributed by atoms with Crippen molar-refractivity contribution in [3.05, 3.63) is 24.3 Å². The number of quaternary nitrogens is 1. The molecule has 0 amide bonds. The summed E-state index contributed by atoms with van der Waals surface area (Å²) in [4.78, 5) is 38.0. The maximum absolute atomic E-state index is 12.8. The van der Waals surface area contributed by atoms with Crippen molar-refractivity contribution in [3.63, 3.8) is 0 Å². The molecule has 0 aromatic heterocycles. The summed E-state index contributed by atoms with van der Waals surface area (Å²) < 4.78 is 34.3. The van der Waals surface area contributed by atoms with Gasteiger partial charge < -0.3 is 27.9 Å². The lowest BCUT2D eigenvalue weighted by atomic mass is 10.0. The number of rotatable bonds is 63. The number of carbonyl (C=O) groups excluding carboxylic acids is 2. The molecule has 0 saturated heterocycles. The van der Waals surface area contributed by atoms with Crippen LogP contribution in [0.25, 0.3) is 0 Å². The monoisotopic (exact) mass is 1110 g/mol. The van der Waals surface area contributed by atoms with E-state index < -0.39 is 26.5 Å². The van der Waals surface area contributed by atoms with Crippen LogP contribution >= 0.6 is 7.82 Å². The molecule has 2 unspecified atom stereocenters. The third-order valence-electron chi connectivity index (χ3n) is 15.2. The van der Waals surface area contributed by atoms with E-state index in [9.17, 15) is 19.0 Å². The minimum Gasteiger partial charge on any atom is -0.756 e. The molecule has 0 aliphatic heterocycles. The molecular formula is C67H130NO8P. The van der Waals surface area contributed by atoms with E-state index in [2.05, 4.69) is 38.2 Å². The number of ether oxygens (including phenoxy) is 2. The van der Waals surface area contributed by atoms with E-state index in [-0.39, 0.29) is 32.0 Å². The topological polar surface area (TPSA) is 111 Å². The second kappa shape index (κ2) is 59.1. The van der Waals surface area contributed by atoms with Gasteiger partial charge >= 0.3 is 11.9 Å². The second-order valence-corrected chi connectivity index (χ2v) is 25.6. The first-order chi connectivity index (χ1) is 37.5. The first-order valence-electron chi connectivity index (χ1n) is 33.5. The maximum Gasteiger partial charge on any atom is 0.306 e. The van der Waals surface area contributed by atoms with E-state index in [0.29, 0.717) is 17.4 Å². The Morgan fingerprint density at radius 2 is 0.701 bits per heavy atom. The summed E-state index contributed by atoms with van der Waals surface area (Å²) in [6.45, 7) is 4.30. The van der Waals surface area contributed by atoms with Gasteiger partial charge in [0.1, 0.15) is 19.8 Å². The van der Waals surface area contributed by atoms with Gasteiger partial charge in [-0.25, -0.2) is 0 Å². The fourth-order valence-electron chi connectivity index (χ4n) is 10.0. The highest BCUT2D eigenvalue weighted by Crippen LogP contribution is 2.38. The first-order valence-corrected chi connectivity index (χ1v) is 35.0. The molecule has 0 heterocycles. The van der Waals surface area contributed by atoms with Crippen LogP contribution in [-0.4, -0.2) is 70.0 Å². The molecule has 0 rings (SSSR count). The molecule has 456 valence electrons. The Bertz CT molecular complexity index is 1350. The van der Waals surface area contributed by atoms with E-state index >= 15 is 0 Å². The minimum absolute atomic E-state index is 0.0268. The zero-order valence-electron chi connectivity index (χ0n) is 51.9. The number of unbranched alkanes of at least 4 members (excludes halogenated alkanes) is 45. The van der Waals surface area contributed by atoms with Crippen molar-refractivity contribution in [2.75, 3.05) is 47.5 Å². The summed E-state index contributed by atoms with van der Waals surface area (Å²) >= 11 is 0. The number of phosphoric ester groups is 1. The van der Waals surface area contributed by atoms with E-state index in [1.54, 1.807) is 0 Å². The van der Waals surface area contributed by atoms with E-state index in [1.165, 1.54) is 270 Å². The lowest BCUT2D eigenvalue weighted by Gasteiger charge is -2.28. The minimum atomic E-state index is -4.63. The Morgan fingerprint density at radius 1 is 0.403 bits per heavy atom. The number of allylic oxidation sites excluding steroid dienone is 4. The van der Waals surface area contributed by atoms with Crippen LogP contribution in [0.5, 0.6) is 0 Å². The van der Waals surface area contributed by atoms with Crippen LogP contribution in [0.1, 0.15) is 341 Å². The normalized spacial score (nSPS) is 13.3. The Balaban J connectivity index is 4.01. The largest absolute Gasteiger partial charge is 0.756 e. The summed E-state index contributed by atoms with van der Waals surface area (Å²) in [7, 11) is 1.19. The Morgan fingerprint density at radius 3 is 1.03 bits per heavy atom. The van der Waals surface area contributed by atoms with Gasteiger partial charge in [0.2, 0.25) is 0 Å². The van der Waals surface area contributed by atoms with Crippen molar-refractivity contribution in [1.82, 2.24) is 0 Å². The van der Waals surface area contributed by atoms with Crippen LogP contribution in [0, 0.1) is 0 Å². The summed E-state index contributed by atoms with van der Waals surface area (Å²) in [5.74, 6) is -0.810. The molecule has 0 saturated carbocycles. The fraction of sp³-hybridized carbons (Fsp3) is 0.910. The number of hydrogen-bond donors (Lipinski definition) is 0.